The first kappa shape index (κ1) is 52.5. The number of phosphoric ester groups is 1. The van der Waals surface area contributed by atoms with Gasteiger partial charge in [-0.05, 0) is 83.5 Å². The highest BCUT2D eigenvalue weighted by atomic mass is 31.2. The highest BCUT2D eigenvalue weighted by molar-refractivity contribution is 7.47. The normalized spacial score (nSPS) is 14.0. The summed E-state index contributed by atoms with van der Waals surface area (Å²) in [6.07, 6.45) is 49.3. The van der Waals surface area contributed by atoms with Crippen molar-refractivity contribution in [2.75, 3.05) is 26.4 Å². The summed E-state index contributed by atoms with van der Waals surface area (Å²) in [6, 6.07) is 0. The Morgan fingerprint density at radius 3 is 1.53 bits per heavy atom. The van der Waals surface area contributed by atoms with E-state index in [1.165, 1.54) is 51.4 Å². The maximum Gasteiger partial charge on any atom is 0.472 e. The number of hydrogen-bond donors (Lipinski definition) is 2. The van der Waals surface area contributed by atoms with Gasteiger partial charge in [-0.2, -0.15) is 0 Å². The lowest BCUT2D eigenvalue weighted by Crippen LogP contribution is -2.29. The average Bonchev–Trinajstić information content (AvgIpc) is 3.17. The predicted molar refractivity (Wildman–Crippen MR) is 229 cm³/mol. The number of esters is 2. The van der Waals surface area contributed by atoms with Gasteiger partial charge in [-0.25, -0.2) is 4.57 Å². The van der Waals surface area contributed by atoms with E-state index in [1.807, 2.05) is 0 Å². The lowest BCUT2D eigenvalue weighted by molar-refractivity contribution is -0.161. The smallest absolute Gasteiger partial charge is 0.462 e. The standard InChI is InChI=1S/C45H78NO8P/c1-3-5-7-9-11-13-15-17-19-20-21-22-24-25-27-29-31-33-35-37-44(47)51-41-43(42-53-55(49,50)52-40-39-46)54-45(48)38-36-34-32-30-28-26-23-18-16-14-12-10-8-6-4-2/h5,7,11,13-14,16-17,19,21-22,25,27,43H,3-4,6,8-10,12,15,18,20,23-24,26,28-42,46H2,1-2H3,(H,49,50)/t43-/m1/s1. The van der Waals surface area contributed by atoms with Crippen molar-refractivity contribution in [3.05, 3.63) is 72.9 Å². The molecule has 0 aromatic carbocycles. The first-order chi connectivity index (χ1) is 26.8. The van der Waals surface area contributed by atoms with E-state index in [9.17, 15) is 19.0 Å². The van der Waals surface area contributed by atoms with E-state index in [4.69, 9.17) is 24.3 Å². The second-order valence-electron chi connectivity index (χ2n) is 13.8. The number of rotatable bonds is 39. The third-order valence-electron chi connectivity index (χ3n) is 8.58. The molecule has 0 aliphatic carbocycles. The number of ether oxygens (including phenoxy) is 2. The van der Waals surface area contributed by atoms with Gasteiger partial charge in [-0.3, -0.25) is 18.6 Å². The minimum Gasteiger partial charge on any atom is -0.462 e. The van der Waals surface area contributed by atoms with Crippen LogP contribution in [0.25, 0.3) is 0 Å². The second-order valence-corrected chi connectivity index (χ2v) is 15.3. The Morgan fingerprint density at radius 1 is 0.564 bits per heavy atom. The molecule has 0 fully saturated rings. The van der Waals surface area contributed by atoms with Crippen molar-refractivity contribution >= 4 is 19.8 Å². The van der Waals surface area contributed by atoms with Crippen LogP contribution in [0.2, 0.25) is 0 Å². The van der Waals surface area contributed by atoms with Gasteiger partial charge in [0.2, 0.25) is 0 Å². The van der Waals surface area contributed by atoms with Crippen LogP contribution in [0.5, 0.6) is 0 Å². The fourth-order valence-corrected chi connectivity index (χ4v) is 6.18. The van der Waals surface area contributed by atoms with Crippen molar-refractivity contribution in [3.63, 3.8) is 0 Å². The molecule has 10 heteroatoms. The SMILES string of the molecule is CCC=CCC=CCC=CCC=CCC=CCCCCCC(=O)OC[C@H](COP(=O)(O)OCCN)OC(=O)CCCCCCCCCC=CCCCCCC. The summed E-state index contributed by atoms with van der Waals surface area (Å²) >= 11 is 0. The lowest BCUT2D eigenvalue weighted by Gasteiger charge is -2.19. The Bertz CT molecular complexity index is 1130. The third-order valence-corrected chi connectivity index (χ3v) is 9.56. The summed E-state index contributed by atoms with van der Waals surface area (Å²) in [5, 5.41) is 0. The molecule has 2 atom stereocenters. The van der Waals surface area contributed by atoms with Crippen LogP contribution in [0.4, 0.5) is 0 Å². The molecule has 1 unspecified atom stereocenters. The fraction of sp³-hybridized carbons (Fsp3) is 0.689. The number of nitrogens with two attached hydrogens (primary N) is 1. The van der Waals surface area contributed by atoms with Crippen molar-refractivity contribution in [1.82, 2.24) is 0 Å². The average molecular weight is 792 g/mol. The number of allylic oxidation sites excluding steroid dienone is 12. The minimum absolute atomic E-state index is 0.0445. The van der Waals surface area contributed by atoms with Gasteiger partial charge in [0.15, 0.2) is 6.10 Å². The van der Waals surface area contributed by atoms with Crippen LogP contribution in [0.3, 0.4) is 0 Å². The summed E-state index contributed by atoms with van der Waals surface area (Å²) in [6.45, 7) is 3.55. The van der Waals surface area contributed by atoms with Gasteiger partial charge in [0, 0.05) is 19.4 Å². The van der Waals surface area contributed by atoms with Gasteiger partial charge in [0.05, 0.1) is 13.2 Å². The Balaban J connectivity index is 4.24. The van der Waals surface area contributed by atoms with Crippen LogP contribution in [0.1, 0.15) is 168 Å². The van der Waals surface area contributed by atoms with Crippen molar-refractivity contribution in [3.8, 4) is 0 Å². The highest BCUT2D eigenvalue weighted by Crippen LogP contribution is 2.43. The van der Waals surface area contributed by atoms with Gasteiger partial charge in [0.25, 0.3) is 0 Å². The van der Waals surface area contributed by atoms with E-state index < -0.39 is 32.5 Å². The van der Waals surface area contributed by atoms with Gasteiger partial charge >= 0.3 is 19.8 Å². The molecule has 0 saturated carbocycles. The molecule has 0 rings (SSSR count). The Hall–Kier alpha value is -2.55. The summed E-state index contributed by atoms with van der Waals surface area (Å²) in [5.41, 5.74) is 5.34. The van der Waals surface area contributed by atoms with E-state index >= 15 is 0 Å². The molecule has 0 aliphatic rings. The molecule has 3 N–H and O–H groups in total. The topological polar surface area (TPSA) is 134 Å². The molecule has 0 aliphatic heterocycles. The molecule has 0 heterocycles. The molecule has 0 aromatic rings. The number of phosphoric acid groups is 1. The van der Waals surface area contributed by atoms with Gasteiger partial charge in [-0.15, -0.1) is 0 Å². The Morgan fingerprint density at radius 2 is 1.00 bits per heavy atom. The van der Waals surface area contributed by atoms with Crippen molar-refractivity contribution in [2.24, 2.45) is 5.73 Å². The molecule has 0 radical (unpaired) electrons. The second kappa shape index (κ2) is 41.1. The molecule has 0 aromatic heterocycles. The molecular formula is C45H78NO8P. The van der Waals surface area contributed by atoms with Crippen LogP contribution < -0.4 is 5.73 Å². The van der Waals surface area contributed by atoms with Crippen LogP contribution >= 0.6 is 7.82 Å². The fourth-order valence-electron chi connectivity index (χ4n) is 5.42. The quantitative estimate of drug-likeness (QED) is 0.0270. The Labute approximate surface area is 335 Å². The summed E-state index contributed by atoms with van der Waals surface area (Å²) < 4.78 is 32.7. The van der Waals surface area contributed by atoms with Gasteiger partial charge in [0.1, 0.15) is 6.61 Å². The summed E-state index contributed by atoms with van der Waals surface area (Å²) in [7, 11) is -4.39. The van der Waals surface area contributed by atoms with Crippen LogP contribution in [-0.2, 0) is 32.7 Å². The molecule has 0 bridgehead atoms. The number of unbranched alkanes of at least 4 members (excludes halogenated alkanes) is 14. The monoisotopic (exact) mass is 792 g/mol. The minimum atomic E-state index is -4.39. The van der Waals surface area contributed by atoms with Gasteiger partial charge in [-0.1, -0.05) is 145 Å². The number of carbonyl (C=O) groups excluding carboxylic acids is 2. The molecule has 0 spiro atoms. The van der Waals surface area contributed by atoms with Crippen molar-refractivity contribution in [2.45, 2.75) is 174 Å². The molecule has 316 valence electrons. The van der Waals surface area contributed by atoms with E-state index in [0.717, 1.165) is 77.0 Å². The number of carbonyl (C=O) groups is 2. The molecular weight excluding hydrogens is 713 g/mol. The van der Waals surface area contributed by atoms with Crippen LogP contribution in [0, 0.1) is 0 Å². The van der Waals surface area contributed by atoms with Crippen LogP contribution in [0.15, 0.2) is 72.9 Å². The van der Waals surface area contributed by atoms with Crippen molar-refractivity contribution in [1.29, 1.82) is 0 Å². The summed E-state index contributed by atoms with van der Waals surface area (Å²) in [4.78, 5) is 34.8. The van der Waals surface area contributed by atoms with E-state index in [2.05, 4.69) is 86.8 Å². The zero-order valence-corrected chi connectivity index (χ0v) is 35.5. The first-order valence-corrected chi connectivity index (χ1v) is 22.9. The highest BCUT2D eigenvalue weighted by Gasteiger charge is 2.26. The molecule has 55 heavy (non-hydrogen) atoms. The molecule has 0 saturated heterocycles. The maximum absolute atomic E-state index is 12.6. The Kier molecular flexibility index (Phi) is 39.2. The van der Waals surface area contributed by atoms with E-state index in [1.54, 1.807) is 0 Å². The molecule has 9 nitrogen and oxygen atoms in total. The van der Waals surface area contributed by atoms with Crippen LogP contribution in [-0.4, -0.2) is 49.3 Å². The third kappa shape index (κ3) is 40.9. The first-order valence-electron chi connectivity index (χ1n) is 21.4. The van der Waals surface area contributed by atoms with Crippen molar-refractivity contribution < 1.29 is 37.6 Å². The largest absolute Gasteiger partial charge is 0.472 e. The van der Waals surface area contributed by atoms with E-state index in [-0.39, 0.29) is 32.6 Å². The zero-order chi connectivity index (χ0) is 40.3. The molecule has 0 amide bonds. The van der Waals surface area contributed by atoms with E-state index in [0.29, 0.717) is 12.8 Å². The summed E-state index contributed by atoms with van der Waals surface area (Å²) in [5.74, 6) is -0.877. The van der Waals surface area contributed by atoms with Gasteiger partial charge < -0.3 is 20.1 Å². The predicted octanol–water partition coefficient (Wildman–Crippen LogP) is 12.3. The number of hydrogen-bond acceptors (Lipinski definition) is 8. The zero-order valence-electron chi connectivity index (χ0n) is 34.6. The maximum atomic E-state index is 12.6. The lowest BCUT2D eigenvalue weighted by atomic mass is 10.1.